The maximum Gasteiger partial charge on any atom is 0.129 e. The molecule has 114 valence electrons. The van der Waals surface area contributed by atoms with Crippen molar-refractivity contribution >= 4 is 0 Å². The number of aryl methyl sites for hydroxylation is 2. The minimum atomic E-state index is 0.237. The highest BCUT2D eigenvalue weighted by atomic mass is 14.9. The van der Waals surface area contributed by atoms with E-state index in [2.05, 4.69) is 46.9 Å². The number of likely N-dealkylation sites (N-methyl/N-ethyl adjacent to an activating group) is 1. The molecular weight excluding hydrogens is 246 g/mol. The maximum absolute atomic E-state index is 4.83. The number of nitrogens with one attached hydrogen (secondary N) is 1. The molecule has 0 aliphatic heterocycles. The highest BCUT2D eigenvalue weighted by Crippen LogP contribution is 2.21. The summed E-state index contributed by atoms with van der Waals surface area (Å²) in [6, 6.07) is 0. The van der Waals surface area contributed by atoms with E-state index in [0.29, 0.717) is 0 Å². The van der Waals surface area contributed by atoms with Gasteiger partial charge in [-0.3, -0.25) is 0 Å². The first kappa shape index (κ1) is 17.1. The van der Waals surface area contributed by atoms with Gasteiger partial charge in [0.2, 0.25) is 0 Å². The van der Waals surface area contributed by atoms with Crippen LogP contribution < -0.4 is 5.32 Å². The Morgan fingerprint density at radius 1 is 0.950 bits per heavy atom. The lowest BCUT2D eigenvalue weighted by Crippen LogP contribution is -2.20. The number of nitrogens with zero attached hydrogens (tertiary/aromatic N) is 2. The molecule has 0 fully saturated rings. The Hall–Kier alpha value is -0.960. The van der Waals surface area contributed by atoms with Crippen LogP contribution in [0.15, 0.2) is 0 Å². The lowest BCUT2D eigenvalue weighted by molar-refractivity contribution is 0.399. The first-order chi connectivity index (χ1) is 9.41. The van der Waals surface area contributed by atoms with E-state index in [9.17, 15) is 0 Å². The van der Waals surface area contributed by atoms with Crippen LogP contribution in [-0.4, -0.2) is 23.1 Å². The lowest BCUT2D eigenvalue weighted by Gasteiger charge is -2.19. The van der Waals surface area contributed by atoms with E-state index in [1.54, 1.807) is 0 Å². The molecule has 20 heavy (non-hydrogen) atoms. The largest absolute Gasteiger partial charge is 0.317 e. The van der Waals surface area contributed by atoms with Gasteiger partial charge in [0.25, 0.3) is 0 Å². The molecule has 1 heterocycles. The van der Waals surface area contributed by atoms with Gasteiger partial charge in [-0.1, -0.05) is 41.5 Å². The number of hydrogen-bond donors (Lipinski definition) is 1. The summed E-state index contributed by atoms with van der Waals surface area (Å²) >= 11 is 0. The van der Waals surface area contributed by atoms with Crippen molar-refractivity contribution in [2.45, 2.75) is 67.2 Å². The van der Waals surface area contributed by atoms with Crippen LogP contribution in [0.4, 0.5) is 0 Å². The highest BCUT2D eigenvalue weighted by Gasteiger charge is 2.17. The molecule has 0 saturated carbocycles. The van der Waals surface area contributed by atoms with E-state index in [4.69, 9.17) is 9.97 Å². The quantitative estimate of drug-likeness (QED) is 0.777. The molecule has 1 aromatic rings. The van der Waals surface area contributed by atoms with Crippen molar-refractivity contribution in [2.75, 3.05) is 13.1 Å². The molecule has 3 heteroatoms. The van der Waals surface area contributed by atoms with Crippen molar-refractivity contribution < 1.29 is 0 Å². The second kappa shape index (κ2) is 7.72. The van der Waals surface area contributed by atoms with Crippen LogP contribution in [0.3, 0.4) is 0 Å². The first-order valence-corrected chi connectivity index (χ1v) is 7.99. The molecule has 1 aromatic heterocycles. The third-order valence-corrected chi connectivity index (χ3v) is 3.38. The summed E-state index contributed by atoms with van der Waals surface area (Å²) in [4.78, 5) is 9.65. The average Bonchev–Trinajstić information content (AvgIpc) is 2.37. The number of hydrogen-bond acceptors (Lipinski definition) is 3. The van der Waals surface area contributed by atoms with Gasteiger partial charge in [-0.2, -0.15) is 0 Å². The van der Waals surface area contributed by atoms with Gasteiger partial charge < -0.3 is 5.32 Å². The Morgan fingerprint density at radius 3 is 1.90 bits per heavy atom. The summed E-state index contributed by atoms with van der Waals surface area (Å²) in [6.07, 6.45) is 3.97. The molecule has 0 atom stereocenters. The molecule has 0 aliphatic rings. The van der Waals surface area contributed by atoms with Crippen LogP contribution in [-0.2, 0) is 25.7 Å². The van der Waals surface area contributed by atoms with Gasteiger partial charge in [-0.05, 0) is 43.3 Å². The monoisotopic (exact) mass is 277 g/mol. The summed E-state index contributed by atoms with van der Waals surface area (Å²) in [7, 11) is 0. The minimum absolute atomic E-state index is 0.237. The fourth-order valence-corrected chi connectivity index (χ4v) is 2.46. The van der Waals surface area contributed by atoms with Crippen LogP contribution in [0.25, 0.3) is 0 Å². The Morgan fingerprint density at radius 2 is 1.50 bits per heavy atom. The van der Waals surface area contributed by atoms with E-state index in [-0.39, 0.29) is 5.41 Å². The molecule has 0 aliphatic carbocycles. The smallest absolute Gasteiger partial charge is 0.129 e. The van der Waals surface area contributed by atoms with Crippen molar-refractivity contribution in [3.63, 3.8) is 0 Å². The zero-order valence-corrected chi connectivity index (χ0v) is 14.1. The lowest BCUT2D eigenvalue weighted by atomic mass is 9.91. The van der Waals surface area contributed by atoms with Crippen LogP contribution in [0, 0.1) is 5.41 Å². The van der Waals surface area contributed by atoms with Gasteiger partial charge in [0.15, 0.2) is 0 Å². The molecule has 1 N–H and O–H groups in total. The summed E-state index contributed by atoms with van der Waals surface area (Å²) < 4.78 is 0. The van der Waals surface area contributed by atoms with E-state index < -0.39 is 0 Å². The zero-order chi connectivity index (χ0) is 15.2. The maximum atomic E-state index is 4.83. The van der Waals surface area contributed by atoms with Crippen molar-refractivity contribution in [1.82, 2.24) is 15.3 Å². The Labute approximate surface area is 124 Å². The molecule has 0 aromatic carbocycles. The van der Waals surface area contributed by atoms with E-state index in [1.807, 2.05) is 0 Å². The van der Waals surface area contributed by atoms with Gasteiger partial charge in [0, 0.05) is 17.8 Å². The summed E-state index contributed by atoms with van der Waals surface area (Å²) in [5, 5.41) is 3.40. The molecule has 1 rings (SSSR count). The van der Waals surface area contributed by atoms with Gasteiger partial charge in [-0.25, -0.2) is 9.97 Å². The molecule has 0 amide bonds. The van der Waals surface area contributed by atoms with Crippen molar-refractivity contribution in [3.05, 3.63) is 22.8 Å². The SMILES string of the molecule is CCNCCc1c(CC)nc(CC(C)(C)C)nc1CC. The third-order valence-electron chi connectivity index (χ3n) is 3.38. The summed E-state index contributed by atoms with van der Waals surface area (Å²) in [5.41, 5.74) is 4.10. The first-order valence-electron chi connectivity index (χ1n) is 7.99. The summed E-state index contributed by atoms with van der Waals surface area (Å²) in [6.45, 7) is 15.3. The van der Waals surface area contributed by atoms with Crippen molar-refractivity contribution in [2.24, 2.45) is 5.41 Å². The van der Waals surface area contributed by atoms with Crippen LogP contribution >= 0.6 is 0 Å². The normalized spacial score (nSPS) is 11.9. The van der Waals surface area contributed by atoms with Gasteiger partial charge in [0.05, 0.1) is 0 Å². The van der Waals surface area contributed by atoms with E-state index >= 15 is 0 Å². The fraction of sp³-hybridized carbons (Fsp3) is 0.765. The second-order valence-electron chi connectivity index (χ2n) is 6.56. The predicted octanol–water partition coefficient (Wildman–Crippen LogP) is 3.34. The van der Waals surface area contributed by atoms with Crippen LogP contribution in [0.2, 0.25) is 0 Å². The molecular formula is C17H31N3. The van der Waals surface area contributed by atoms with Crippen molar-refractivity contribution in [3.8, 4) is 0 Å². The summed E-state index contributed by atoms with van der Waals surface area (Å²) in [5.74, 6) is 1.01. The van der Waals surface area contributed by atoms with Gasteiger partial charge in [0.1, 0.15) is 5.82 Å². The highest BCUT2D eigenvalue weighted by molar-refractivity contribution is 5.27. The number of rotatable bonds is 7. The molecule has 0 saturated heterocycles. The third kappa shape index (κ3) is 5.20. The Kier molecular flexibility index (Phi) is 6.60. The molecule has 0 bridgehead atoms. The number of aromatic nitrogens is 2. The van der Waals surface area contributed by atoms with Gasteiger partial charge in [-0.15, -0.1) is 0 Å². The minimum Gasteiger partial charge on any atom is -0.317 e. The second-order valence-corrected chi connectivity index (χ2v) is 6.56. The van der Waals surface area contributed by atoms with Crippen LogP contribution in [0.5, 0.6) is 0 Å². The molecule has 0 unspecified atom stereocenters. The zero-order valence-electron chi connectivity index (χ0n) is 14.1. The molecule has 0 radical (unpaired) electrons. The average molecular weight is 277 g/mol. The van der Waals surface area contributed by atoms with Gasteiger partial charge >= 0.3 is 0 Å². The molecule has 3 nitrogen and oxygen atoms in total. The van der Waals surface area contributed by atoms with Crippen molar-refractivity contribution in [1.29, 1.82) is 0 Å². The Balaban J connectivity index is 3.04. The van der Waals surface area contributed by atoms with E-state index in [0.717, 1.165) is 44.6 Å². The van der Waals surface area contributed by atoms with E-state index in [1.165, 1.54) is 17.0 Å². The van der Waals surface area contributed by atoms with Crippen LogP contribution in [0.1, 0.15) is 64.3 Å². The topological polar surface area (TPSA) is 37.8 Å². The Bertz CT molecular complexity index is 394. The standard InChI is InChI=1S/C17H31N3/c1-7-14-13(10-11-18-9-3)15(8-2)20-16(19-14)12-17(4,5)6/h18H,7-12H2,1-6H3. The predicted molar refractivity (Wildman–Crippen MR) is 86.2 cm³/mol. The molecule has 0 spiro atoms. The fourth-order valence-electron chi connectivity index (χ4n) is 2.46.